The van der Waals surface area contributed by atoms with Gasteiger partial charge in [0.1, 0.15) is 0 Å². The van der Waals surface area contributed by atoms with Gasteiger partial charge in [-0.15, -0.1) is 0 Å². The largest absolute Gasteiger partial charge is 0.481 e. The second-order valence-electron chi connectivity index (χ2n) is 11.6. The molecule has 0 aliphatic rings. The normalized spacial score (nSPS) is 11.9. The smallest absolute Gasteiger partial charge is 0.317 e. The third kappa shape index (κ3) is 22.1. The molecule has 0 aliphatic heterocycles. The summed E-state index contributed by atoms with van der Waals surface area (Å²) in [5.74, 6) is -5.96. The monoisotopic (exact) mass is 666 g/mol. The van der Waals surface area contributed by atoms with Gasteiger partial charge in [-0.05, 0) is 24.8 Å². The molecule has 1 amide bonds. The van der Waals surface area contributed by atoms with Crippen molar-refractivity contribution in [3.63, 3.8) is 0 Å². The van der Waals surface area contributed by atoms with Crippen LogP contribution < -0.4 is 5.32 Å². The Morgan fingerprint density at radius 1 is 0.574 bits per heavy atom. The van der Waals surface area contributed by atoms with Gasteiger partial charge < -0.3 is 30.8 Å². The lowest BCUT2D eigenvalue weighted by atomic mass is 10.0. The number of carbonyl (C=O) groups is 6. The Hall–Kier alpha value is -4.08. The summed E-state index contributed by atoms with van der Waals surface area (Å²) in [5.41, 5.74) is 0.797. The molecule has 1 aromatic carbocycles. The highest BCUT2D eigenvalue weighted by Crippen LogP contribution is 2.13. The Labute approximate surface area is 275 Å². The number of amides is 1. The maximum Gasteiger partial charge on any atom is 0.317 e. The molecule has 0 bridgehead atoms. The molecular weight excluding hydrogens is 616 g/mol. The van der Waals surface area contributed by atoms with E-state index < -0.39 is 62.1 Å². The first kappa shape index (κ1) is 40.9. The van der Waals surface area contributed by atoms with E-state index in [9.17, 15) is 49.2 Å². The summed E-state index contributed by atoms with van der Waals surface area (Å²) in [6.07, 6.45) is 7.70. The lowest BCUT2D eigenvalue weighted by Crippen LogP contribution is -2.51. The first-order valence-corrected chi connectivity index (χ1v) is 15.9. The molecule has 0 radical (unpaired) electrons. The number of unbranched alkanes of at least 4 members (excludes halogenated alkanes) is 7. The maximum absolute atomic E-state index is 12.6. The number of nitrogens with zero attached hydrogens (tertiary/aromatic N) is 3. The molecule has 15 nitrogen and oxygen atoms in total. The molecule has 0 saturated carbocycles. The van der Waals surface area contributed by atoms with Crippen molar-refractivity contribution >= 4 is 35.8 Å². The van der Waals surface area contributed by atoms with Crippen molar-refractivity contribution in [3.8, 4) is 0 Å². The topological polar surface area (TPSA) is 225 Å². The number of carboxylic acids is 5. The van der Waals surface area contributed by atoms with E-state index in [1.165, 1.54) is 14.7 Å². The van der Waals surface area contributed by atoms with Crippen LogP contribution in [0, 0.1) is 0 Å². The van der Waals surface area contributed by atoms with Crippen molar-refractivity contribution < 1.29 is 54.3 Å². The Kier molecular flexibility index (Phi) is 21.0. The molecular formula is C32H50N4O11. The van der Waals surface area contributed by atoms with Crippen molar-refractivity contribution in [2.75, 3.05) is 58.9 Å². The summed E-state index contributed by atoms with van der Waals surface area (Å²) < 4.78 is 0. The van der Waals surface area contributed by atoms with Crippen molar-refractivity contribution in [2.45, 2.75) is 70.3 Å². The standard InChI is InChI=1S/C32H50N4O11/c37-27(33-15-11-6-4-2-1-3-5-10-14-28(38)39)20-35(22-30(42)43)17-16-34(21-29(40)41)19-26(18-25-12-8-7-9-13-25)36(23-31(44)45)24-32(46)47/h7-9,12-13,26H,1-6,10-11,14-24H2,(H,33,37)(H,38,39)(H,40,41)(H,42,43)(H,44,45)(H,46,47). The highest BCUT2D eigenvalue weighted by Gasteiger charge is 2.27. The van der Waals surface area contributed by atoms with Crippen LogP contribution in [0.1, 0.15) is 63.4 Å². The fourth-order valence-corrected chi connectivity index (χ4v) is 5.22. The molecule has 15 heteroatoms. The van der Waals surface area contributed by atoms with Crippen LogP contribution in [0.5, 0.6) is 0 Å². The van der Waals surface area contributed by atoms with Crippen LogP contribution in [0.25, 0.3) is 0 Å². The van der Waals surface area contributed by atoms with Gasteiger partial charge in [-0.1, -0.05) is 68.9 Å². The zero-order valence-electron chi connectivity index (χ0n) is 26.9. The Bertz CT molecular complexity index is 1100. The molecule has 1 unspecified atom stereocenters. The average molecular weight is 667 g/mol. The fourth-order valence-electron chi connectivity index (χ4n) is 5.22. The second-order valence-corrected chi connectivity index (χ2v) is 11.6. The van der Waals surface area contributed by atoms with Crippen LogP contribution in [-0.2, 0) is 35.2 Å². The molecule has 1 atom stereocenters. The van der Waals surface area contributed by atoms with Gasteiger partial charge in [-0.2, -0.15) is 0 Å². The van der Waals surface area contributed by atoms with Crippen LogP contribution in [0.15, 0.2) is 30.3 Å². The van der Waals surface area contributed by atoms with Gasteiger partial charge in [0.25, 0.3) is 0 Å². The molecule has 0 aromatic heterocycles. The van der Waals surface area contributed by atoms with Crippen LogP contribution in [0.3, 0.4) is 0 Å². The van der Waals surface area contributed by atoms with E-state index in [2.05, 4.69) is 5.32 Å². The van der Waals surface area contributed by atoms with Gasteiger partial charge in [0, 0.05) is 38.6 Å². The number of carboxylic acid groups (broad SMARTS) is 5. The SMILES string of the molecule is O=C(O)CCCCCCCCCCNC(=O)CN(CCN(CC(=O)O)CC(Cc1ccccc1)N(CC(=O)O)CC(=O)O)CC(=O)O. The number of hydrogen-bond acceptors (Lipinski definition) is 9. The van der Waals surface area contributed by atoms with Crippen molar-refractivity contribution in [3.05, 3.63) is 35.9 Å². The minimum atomic E-state index is -1.24. The number of benzene rings is 1. The Morgan fingerprint density at radius 2 is 1.06 bits per heavy atom. The van der Waals surface area contributed by atoms with Gasteiger partial charge >= 0.3 is 29.8 Å². The van der Waals surface area contributed by atoms with Crippen molar-refractivity contribution in [1.29, 1.82) is 0 Å². The quantitative estimate of drug-likeness (QED) is 0.0668. The van der Waals surface area contributed by atoms with Crippen LogP contribution in [0.4, 0.5) is 0 Å². The summed E-state index contributed by atoms with van der Waals surface area (Å²) in [5, 5.41) is 49.3. The molecule has 0 aliphatic carbocycles. The second kappa shape index (κ2) is 24.1. The summed E-state index contributed by atoms with van der Waals surface area (Å²) in [7, 11) is 0. The summed E-state index contributed by atoms with van der Waals surface area (Å²) in [4.78, 5) is 73.7. The number of hydrogen-bond donors (Lipinski definition) is 6. The molecule has 0 spiro atoms. The fraction of sp³-hybridized carbons (Fsp3) is 0.625. The molecule has 1 rings (SSSR count). The van der Waals surface area contributed by atoms with E-state index in [-0.39, 0.29) is 44.9 Å². The third-order valence-electron chi connectivity index (χ3n) is 7.43. The third-order valence-corrected chi connectivity index (χ3v) is 7.43. The van der Waals surface area contributed by atoms with E-state index in [0.29, 0.717) is 13.0 Å². The van der Waals surface area contributed by atoms with Gasteiger partial charge in [0.15, 0.2) is 0 Å². The number of rotatable bonds is 29. The summed E-state index contributed by atoms with van der Waals surface area (Å²) in [6.45, 7) is -1.84. The predicted octanol–water partition coefficient (Wildman–Crippen LogP) is 1.55. The molecule has 0 saturated heterocycles. The first-order valence-electron chi connectivity index (χ1n) is 15.9. The van der Waals surface area contributed by atoms with Crippen LogP contribution in [0.2, 0.25) is 0 Å². The lowest BCUT2D eigenvalue weighted by Gasteiger charge is -2.34. The van der Waals surface area contributed by atoms with Crippen LogP contribution >= 0.6 is 0 Å². The number of carbonyl (C=O) groups excluding carboxylic acids is 1. The zero-order chi connectivity index (χ0) is 35.0. The minimum Gasteiger partial charge on any atom is -0.481 e. The van der Waals surface area contributed by atoms with E-state index in [1.54, 1.807) is 30.3 Å². The molecule has 0 heterocycles. The van der Waals surface area contributed by atoms with E-state index in [4.69, 9.17) is 5.11 Å². The van der Waals surface area contributed by atoms with Gasteiger partial charge in [0.2, 0.25) is 5.91 Å². The molecule has 1 aromatic rings. The molecule has 0 fully saturated rings. The highest BCUT2D eigenvalue weighted by molar-refractivity contribution is 5.79. The predicted molar refractivity (Wildman–Crippen MR) is 171 cm³/mol. The Morgan fingerprint density at radius 3 is 1.60 bits per heavy atom. The van der Waals surface area contributed by atoms with Gasteiger partial charge in [-0.25, -0.2) is 0 Å². The van der Waals surface area contributed by atoms with E-state index in [1.807, 2.05) is 0 Å². The Balaban J connectivity index is 2.75. The molecule has 6 N–H and O–H groups in total. The van der Waals surface area contributed by atoms with E-state index in [0.717, 1.165) is 50.5 Å². The van der Waals surface area contributed by atoms with Gasteiger partial charge in [0.05, 0.1) is 32.7 Å². The summed E-state index contributed by atoms with van der Waals surface area (Å²) >= 11 is 0. The molecule has 47 heavy (non-hydrogen) atoms. The maximum atomic E-state index is 12.6. The highest BCUT2D eigenvalue weighted by atomic mass is 16.4. The molecule has 264 valence electrons. The average Bonchev–Trinajstić information content (AvgIpc) is 2.97. The number of nitrogens with one attached hydrogen (secondary N) is 1. The van der Waals surface area contributed by atoms with Gasteiger partial charge in [-0.3, -0.25) is 43.5 Å². The lowest BCUT2D eigenvalue weighted by molar-refractivity contribution is -0.144. The zero-order valence-corrected chi connectivity index (χ0v) is 26.9. The minimum absolute atomic E-state index is 0.0167. The first-order chi connectivity index (χ1) is 22.3. The van der Waals surface area contributed by atoms with Crippen molar-refractivity contribution in [2.24, 2.45) is 0 Å². The number of aliphatic carboxylic acids is 5. The van der Waals surface area contributed by atoms with E-state index >= 15 is 0 Å². The van der Waals surface area contributed by atoms with Crippen LogP contribution in [-0.4, -0.2) is 141 Å². The summed E-state index contributed by atoms with van der Waals surface area (Å²) in [6, 6.07) is 8.27. The van der Waals surface area contributed by atoms with Crippen molar-refractivity contribution in [1.82, 2.24) is 20.0 Å².